The molecule has 1 N–H and O–H groups in total. The van der Waals surface area contributed by atoms with Crippen LogP contribution in [0.15, 0.2) is 41.1 Å². The van der Waals surface area contributed by atoms with Gasteiger partial charge in [-0.1, -0.05) is 0 Å². The van der Waals surface area contributed by atoms with Crippen molar-refractivity contribution < 1.29 is 8.42 Å². The Bertz CT molecular complexity index is 916. The molecule has 120 valence electrons. The fraction of sp³-hybridized carbons (Fsp3) is 0.214. The van der Waals surface area contributed by atoms with Crippen molar-refractivity contribution in [1.82, 2.24) is 19.7 Å². The Morgan fingerprint density at radius 1 is 1.26 bits per heavy atom. The first-order chi connectivity index (χ1) is 10.9. The Labute approximate surface area is 138 Å². The lowest BCUT2D eigenvalue weighted by Gasteiger charge is -2.04. The van der Waals surface area contributed by atoms with Crippen LogP contribution in [-0.4, -0.2) is 28.2 Å². The van der Waals surface area contributed by atoms with Crippen LogP contribution in [0.5, 0.6) is 0 Å². The number of pyridine rings is 1. The van der Waals surface area contributed by atoms with E-state index >= 15 is 0 Å². The van der Waals surface area contributed by atoms with Gasteiger partial charge in [0.05, 0.1) is 29.1 Å². The molecule has 0 radical (unpaired) electrons. The predicted molar refractivity (Wildman–Crippen MR) is 88.0 cm³/mol. The molecule has 7 nitrogen and oxygen atoms in total. The van der Waals surface area contributed by atoms with Crippen molar-refractivity contribution >= 4 is 27.0 Å². The van der Waals surface area contributed by atoms with Gasteiger partial charge < -0.3 is 0 Å². The quantitative estimate of drug-likeness (QED) is 0.763. The fourth-order valence-electron chi connectivity index (χ4n) is 2.14. The topological polar surface area (TPSA) is 89.8 Å². The normalized spacial score (nSPS) is 11.6. The standard InChI is InChI=1S/C14H15N5O2S2/c1-10-14(22-11(2)17-10)23(20,21)18-13-7-16-19(9-13)8-12-3-5-15-6-4-12/h3-7,9,18H,8H2,1-2H3. The van der Waals surface area contributed by atoms with Crippen LogP contribution in [0.2, 0.25) is 0 Å². The first kappa shape index (κ1) is 15.6. The summed E-state index contributed by atoms with van der Waals surface area (Å²) in [5.41, 5.74) is 1.96. The highest BCUT2D eigenvalue weighted by Crippen LogP contribution is 2.25. The Hall–Kier alpha value is -2.26. The number of nitrogens with zero attached hydrogens (tertiary/aromatic N) is 4. The molecular weight excluding hydrogens is 334 g/mol. The number of sulfonamides is 1. The molecule has 3 aromatic rings. The van der Waals surface area contributed by atoms with Crippen molar-refractivity contribution in [3.05, 3.63) is 53.2 Å². The van der Waals surface area contributed by atoms with E-state index in [1.807, 2.05) is 12.1 Å². The third-order valence-corrected chi connectivity index (χ3v) is 6.15. The summed E-state index contributed by atoms with van der Waals surface area (Å²) in [6.45, 7) is 4.01. The van der Waals surface area contributed by atoms with E-state index in [0.717, 1.165) is 21.9 Å². The molecular formula is C14H15N5O2S2. The van der Waals surface area contributed by atoms with E-state index in [0.29, 0.717) is 17.9 Å². The van der Waals surface area contributed by atoms with Crippen molar-refractivity contribution in [3.63, 3.8) is 0 Å². The highest BCUT2D eigenvalue weighted by atomic mass is 32.2. The highest BCUT2D eigenvalue weighted by Gasteiger charge is 2.21. The van der Waals surface area contributed by atoms with Gasteiger partial charge in [0.2, 0.25) is 0 Å². The molecule has 0 amide bonds. The molecule has 0 aliphatic heterocycles. The van der Waals surface area contributed by atoms with E-state index < -0.39 is 10.0 Å². The number of aryl methyl sites for hydroxylation is 2. The minimum Gasteiger partial charge on any atom is -0.276 e. The average molecular weight is 349 g/mol. The van der Waals surface area contributed by atoms with Crippen LogP contribution in [0.3, 0.4) is 0 Å². The van der Waals surface area contributed by atoms with E-state index in [4.69, 9.17) is 0 Å². The van der Waals surface area contributed by atoms with Crippen LogP contribution in [0, 0.1) is 13.8 Å². The monoisotopic (exact) mass is 349 g/mol. The van der Waals surface area contributed by atoms with Crippen LogP contribution < -0.4 is 4.72 Å². The SMILES string of the molecule is Cc1nc(C)c(S(=O)(=O)Nc2cnn(Cc3ccncc3)c2)s1. The molecule has 0 saturated heterocycles. The van der Waals surface area contributed by atoms with Crippen LogP contribution in [0.1, 0.15) is 16.3 Å². The van der Waals surface area contributed by atoms with Crippen LogP contribution in [0.4, 0.5) is 5.69 Å². The van der Waals surface area contributed by atoms with E-state index in [2.05, 4.69) is 19.8 Å². The predicted octanol–water partition coefficient (Wildman–Crippen LogP) is 2.20. The summed E-state index contributed by atoms with van der Waals surface area (Å²) in [6.07, 6.45) is 6.55. The van der Waals surface area contributed by atoms with Crippen LogP contribution >= 0.6 is 11.3 Å². The van der Waals surface area contributed by atoms with Crippen molar-refractivity contribution in [3.8, 4) is 0 Å². The third kappa shape index (κ3) is 3.57. The number of hydrogen-bond donors (Lipinski definition) is 1. The van der Waals surface area contributed by atoms with Crippen LogP contribution in [0.25, 0.3) is 0 Å². The second-order valence-corrected chi connectivity index (χ2v) is 8.07. The summed E-state index contributed by atoms with van der Waals surface area (Å²) in [7, 11) is -3.64. The molecule has 3 aromatic heterocycles. The lowest BCUT2D eigenvalue weighted by atomic mass is 10.3. The Morgan fingerprint density at radius 2 is 2.00 bits per heavy atom. The molecule has 0 aliphatic carbocycles. The highest BCUT2D eigenvalue weighted by molar-refractivity contribution is 7.94. The fourth-order valence-corrected chi connectivity index (χ4v) is 4.65. The number of aromatic nitrogens is 4. The van der Waals surface area contributed by atoms with Gasteiger partial charge in [-0.15, -0.1) is 11.3 Å². The maximum absolute atomic E-state index is 12.4. The van der Waals surface area contributed by atoms with E-state index in [1.54, 1.807) is 37.1 Å². The molecule has 23 heavy (non-hydrogen) atoms. The number of hydrogen-bond acceptors (Lipinski definition) is 6. The Kier molecular flexibility index (Phi) is 4.14. The lowest BCUT2D eigenvalue weighted by Crippen LogP contribution is -2.12. The summed E-state index contributed by atoms with van der Waals surface area (Å²) < 4.78 is 29.3. The maximum atomic E-state index is 12.4. The molecule has 3 rings (SSSR count). The molecule has 0 aromatic carbocycles. The summed E-state index contributed by atoms with van der Waals surface area (Å²) in [5, 5.41) is 4.89. The molecule has 0 spiro atoms. The minimum atomic E-state index is -3.64. The molecule has 0 fully saturated rings. The van der Waals surface area contributed by atoms with Gasteiger partial charge in [-0.25, -0.2) is 13.4 Å². The maximum Gasteiger partial charge on any atom is 0.273 e. The van der Waals surface area contributed by atoms with Crippen molar-refractivity contribution in [2.45, 2.75) is 24.6 Å². The first-order valence-corrected chi connectivity index (χ1v) is 9.12. The van der Waals surface area contributed by atoms with Crippen molar-refractivity contribution in [2.24, 2.45) is 0 Å². The van der Waals surface area contributed by atoms with Crippen molar-refractivity contribution in [2.75, 3.05) is 4.72 Å². The minimum absolute atomic E-state index is 0.233. The number of rotatable bonds is 5. The summed E-state index contributed by atoms with van der Waals surface area (Å²) >= 11 is 1.15. The number of nitrogens with one attached hydrogen (secondary N) is 1. The molecule has 0 atom stereocenters. The molecule has 0 unspecified atom stereocenters. The van der Waals surface area contributed by atoms with Gasteiger partial charge in [0, 0.05) is 18.6 Å². The zero-order chi connectivity index (χ0) is 16.4. The Balaban J connectivity index is 1.77. The summed E-state index contributed by atoms with van der Waals surface area (Å²) in [4.78, 5) is 8.11. The van der Waals surface area contributed by atoms with Crippen molar-refractivity contribution in [1.29, 1.82) is 0 Å². The lowest BCUT2D eigenvalue weighted by molar-refractivity contribution is 0.602. The van der Waals surface area contributed by atoms with E-state index in [1.165, 1.54) is 6.20 Å². The molecule has 9 heteroatoms. The zero-order valence-corrected chi connectivity index (χ0v) is 14.2. The van der Waals surface area contributed by atoms with Gasteiger partial charge in [0.15, 0.2) is 4.21 Å². The second kappa shape index (κ2) is 6.09. The second-order valence-electron chi connectivity index (χ2n) is 4.99. The van der Waals surface area contributed by atoms with Crippen LogP contribution in [-0.2, 0) is 16.6 Å². The smallest absolute Gasteiger partial charge is 0.273 e. The first-order valence-electron chi connectivity index (χ1n) is 6.82. The number of anilines is 1. The molecule has 0 aliphatic rings. The van der Waals surface area contributed by atoms with E-state index in [9.17, 15) is 8.42 Å². The average Bonchev–Trinajstić information content (AvgIpc) is 3.06. The molecule has 0 saturated carbocycles. The van der Waals surface area contributed by atoms with Gasteiger partial charge in [0.25, 0.3) is 10.0 Å². The van der Waals surface area contributed by atoms with Gasteiger partial charge in [-0.2, -0.15) is 5.10 Å². The molecule has 0 bridgehead atoms. The largest absolute Gasteiger partial charge is 0.276 e. The van der Waals surface area contributed by atoms with Gasteiger partial charge in [0.1, 0.15) is 0 Å². The van der Waals surface area contributed by atoms with Gasteiger partial charge in [-0.05, 0) is 31.5 Å². The molecule has 3 heterocycles. The third-order valence-electron chi connectivity index (χ3n) is 3.08. The van der Waals surface area contributed by atoms with E-state index in [-0.39, 0.29) is 4.21 Å². The number of thiazole rings is 1. The summed E-state index contributed by atoms with van der Waals surface area (Å²) in [5.74, 6) is 0. The van der Waals surface area contributed by atoms with Gasteiger partial charge in [-0.3, -0.25) is 14.4 Å². The van der Waals surface area contributed by atoms with Gasteiger partial charge >= 0.3 is 0 Å². The summed E-state index contributed by atoms with van der Waals surface area (Å²) in [6, 6.07) is 3.77. The zero-order valence-electron chi connectivity index (χ0n) is 12.6. The Morgan fingerprint density at radius 3 is 2.65 bits per heavy atom.